The second kappa shape index (κ2) is 10.8. The molecule has 1 saturated heterocycles. The van der Waals surface area contributed by atoms with Gasteiger partial charge in [0.05, 0.1) is 23.5 Å². The number of amides is 1. The predicted molar refractivity (Wildman–Crippen MR) is 167 cm³/mol. The number of aromatic nitrogens is 6. The zero-order chi connectivity index (χ0) is 31.4. The zero-order valence-electron chi connectivity index (χ0n) is 25.1. The van der Waals surface area contributed by atoms with E-state index >= 15 is 0 Å². The van der Waals surface area contributed by atoms with Gasteiger partial charge in [-0.3, -0.25) is 23.3 Å². The van der Waals surface area contributed by atoms with Crippen molar-refractivity contribution in [1.29, 1.82) is 0 Å². The smallest absolute Gasteiger partial charge is 0.332 e. The summed E-state index contributed by atoms with van der Waals surface area (Å²) in [6.45, 7) is 4.52. The third-order valence-electron chi connectivity index (χ3n) is 8.54. The SMILES string of the molecule is CC#CCn1c(N2CCCC(N3C(=O)c4ccccc4[N+]3=O)C2)nc2c1c(=O)n(Cc1nc(C)c3ccccc3n1)c(=O)n2C. The lowest BCUT2D eigenvalue weighted by Gasteiger charge is -2.33. The van der Waals surface area contributed by atoms with Crippen molar-refractivity contribution in [1.82, 2.24) is 33.7 Å². The lowest BCUT2D eigenvalue weighted by atomic mass is 10.1. The van der Waals surface area contributed by atoms with Crippen molar-refractivity contribution < 1.29 is 9.66 Å². The molecule has 0 bridgehead atoms. The van der Waals surface area contributed by atoms with Crippen molar-refractivity contribution in [2.24, 2.45) is 7.05 Å². The minimum Gasteiger partial charge on any atom is -0.340 e. The number of aryl methyl sites for hydroxylation is 2. The summed E-state index contributed by atoms with van der Waals surface area (Å²) in [4.78, 5) is 70.7. The molecule has 0 spiro atoms. The van der Waals surface area contributed by atoms with E-state index in [9.17, 15) is 19.3 Å². The molecular formula is C32H30N9O4+. The highest BCUT2D eigenvalue weighted by atomic mass is 16.3. The van der Waals surface area contributed by atoms with Crippen molar-refractivity contribution in [3.8, 4) is 11.8 Å². The number of rotatable bonds is 5. The fourth-order valence-electron chi connectivity index (χ4n) is 6.35. The van der Waals surface area contributed by atoms with Crippen LogP contribution in [0.2, 0.25) is 0 Å². The molecule has 226 valence electrons. The molecule has 45 heavy (non-hydrogen) atoms. The summed E-state index contributed by atoms with van der Waals surface area (Å²) in [6.07, 6.45) is 1.31. The van der Waals surface area contributed by atoms with E-state index < -0.39 is 17.3 Å². The maximum absolute atomic E-state index is 14.1. The highest BCUT2D eigenvalue weighted by Gasteiger charge is 2.49. The van der Waals surface area contributed by atoms with Crippen molar-refractivity contribution in [2.45, 2.75) is 45.8 Å². The van der Waals surface area contributed by atoms with Gasteiger partial charge in [-0.25, -0.2) is 14.8 Å². The Hall–Kier alpha value is -5.64. The van der Waals surface area contributed by atoms with Crippen LogP contribution in [-0.4, -0.2) is 63.6 Å². The molecule has 13 heteroatoms. The minimum absolute atomic E-state index is 0.115. The molecule has 1 fully saturated rings. The number of nitrogens with zero attached hydrogens (tertiary/aromatic N) is 9. The lowest BCUT2D eigenvalue weighted by Crippen LogP contribution is -2.51. The van der Waals surface area contributed by atoms with Crippen LogP contribution in [0.4, 0.5) is 11.6 Å². The Bertz CT molecular complexity index is 2200. The van der Waals surface area contributed by atoms with Gasteiger partial charge in [0.25, 0.3) is 5.56 Å². The highest BCUT2D eigenvalue weighted by Crippen LogP contribution is 2.33. The van der Waals surface area contributed by atoms with E-state index in [2.05, 4.69) is 21.8 Å². The summed E-state index contributed by atoms with van der Waals surface area (Å²) in [5.41, 5.74) is 1.56. The molecule has 1 unspecified atom stereocenters. The first kappa shape index (κ1) is 28.1. The average molecular weight is 605 g/mol. The highest BCUT2D eigenvalue weighted by molar-refractivity contribution is 5.99. The van der Waals surface area contributed by atoms with Crippen LogP contribution in [0.25, 0.3) is 22.1 Å². The molecule has 5 heterocycles. The average Bonchev–Trinajstić information content (AvgIpc) is 3.56. The van der Waals surface area contributed by atoms with Gasteiger partial charge in [-0.2, -0.15) is 4.98 Å². The van der Waals surface area contributed by atoms with Crippen LogP contribution in [-0.2, 0) is 20.1 Å². The third-order valence-corrected chi connectivity index (χ3v) is 8.54. The molecule has 0 saturated carbocycles. The molecule has 0 N–H and O–H groups in total. The second-order valence-electron chi connectivity index (χ2n) is 11.3. The number of anilines is 1. The number of hydrogen-bond acceptors (Lipinski definition) is 8. The van der Waals surface area contributed by atoms with Gasteiger partial charge < -0.3 is 4.90 Å². The molecule has 0 radical (unpaired) electrons. The molecule has 2 aliphatic heterocycles. The van der Waals surface area contributed by atoms with E-state index in [0.717, 1.165) is 21.2 Å². The number of fused-ring (bicyclic) bond motifs is 3. The van der Waals surface area contributed by atoms with Crippen molar-refractivity contribution in [3.63, 3.8) is 0 Å². The molecule has 3 aromatic heterocycles. The number of benzene rings is 2. The Kier molecular flexibility index (Phi) is 6.77. The first-order valence-corrected chi connectivity index (χ1v) is 14.7. The lowest BCUT2D eigenvalue weighted by molar-refractivity contribution is -0.619. The van der Waals surface area contributed by atoms with Crippen LogP contribution in [0.3, 0.4) is 0 Å². The normalized spacial score (nSPS) is 16.4. The second-order valence-corrected chi connectivity index (χ2v) is 11.3. The van der Waals surface area contributed by atoms with Gasteiger partial charge in [0.2, 0.25) is 5.95 Å². The molecule has 5 aromatic rings. The molecular weight excluding hydrogens is 574 g/mol. The van der Waals surface area contributed by atoms with Gasteiger partial charge in [-0.15, -0.1) is 5.92 Å². The molecule has 1 atom stereocenters. The summed E-state index contributed by atoms with van der Waals surface area (Å²) < 4.78 is 4.20. The zero-order valence-corrected chi connectivity index (χ0v) is 25.1. The monoisotopic (exact) mass is 604 g/mol. The molecule has 7 rings (SSSR count). The number of hydrazine groups is 1. The van der Waals surface area contributed by atoms with Crippen LogP contribution >= 0.6 is 0 Å². The van der Waals surface area contributed by atoms with Crippen LogP contribution < -0.4 is 16.1 Å². The van der Waals surface area contributed by atoms with Crippen molar-refractivity contribution in [2.75, 3.05) is 18.0 Å². The minimum atomic E-state index is -0.543. The molecule has 13 nitrogen and oxygen atoms in total. The molecule has 2 aliphatic rings. The third kappa shape index (κ3) is 4.48. The number of imidazole rings is 1. The van der Waals surface area contributed by atoms with Gasteiger partial charge in [0.1, 0.15) is 17.4 Å². The Balaban J connectivity index is 1.30. The summed E-state index contributed by atoms with van der Waals surface area (Å²) in [6, 6.07) is 13.9. The molecule has 2 aromatic carbocycles. The number of piperidine rings is 1. The topological polar surface area (TPSA) is 131 Å². The van der Waals surface area contributed by atoms with Crippen LogP contribution in [0.1, 0.15) is 41.6 Å². The maximum Gasteiger partial charge on any atom is 0.332 e. The number of nitroso groups, excluding NO2 is 1. The summed E-state index contributed by atoms with van der Waals surface area (Å²) in [5, 5.41) is 2.17. The Morgan fingerprint density at radius 1 is 1.00 bits per heavy atom. The van der Waals surface area contributed by atoms with Gasteiger partial charge in [-0.05, 0) is 38.8 Å². The Morgan fingerprint density at radius 3 is 2.58 bits per heavy atom. The largest absolute Gasteiger partial charge is 0.340 e. The van der Waals surface area contributed by atoms with E-state index in [1.54, 1.807) is 42.8 Å². The van der Waals surface area contributed by atoms with Gasteiger partial charge in [0, 0.05) is 37.3 Å². The number of carbonyl (C=O) groups excluding carboxylic acids is 1. The molecule has 0 aliphatic carbocycles. The number of hydrogen-bond donors (Lipinski definition) is 0. The summed E-state index contributed by atoms with van der Waals surface area (Å²) >= 11 is 0. The van der Waals surface area contributed by atoms with Crippen LogP contribution in [0.15, 0.2) is 58.1 Å². The van der Waals surface area contributed by atoms with Gasteiger partial charge in [-0.1, -0.05) is 41.3 Å². The first-order chi connectivity index (χ1) is 21.8. The van der Waals surface area contributed by atoms with Crippen molar-refractivity contribution in [3.05, 3.63) is 91.4 Å². The standard InChI is InChI=1S/C32H30N9O4/c1-4-5-17-38-27-28(36(3)32(44)39(30(27)43)19-26-33-20(2)22-12-6-8-14-24(22)34-26)35-31(38)37-16-10-11-21(18-37)40-29(42)23-13-7-9-15-25(23)41(40)45/h6-9,12-15,21H,10-11,16-19H2,1-3H3/q+1. The van der Waals surface area contributed by atoms with E-state index in [0.29, 0.717) is 53.8 Å². The maximum atomic E-state index is 14.1. The van der Waals surface area contributed by atoms with Crippen LogP contribution in [0, 0.1) is 23.7 Å². The number of para-hydroxylation sites is 2. The summed E-state index contributed by atoms with van der Waals surface area (Å²) in [5.74, 6) is 6.38. The fourth-order valence-corrected chi connectivity index (χ4v) is 6.35. The fraction of sp³-hybridized carbons (Fsp3) is 0.312. The van der Waals surface area contributed by atoms with E-state index in [1.807, 2.05) is 36.1 Å². The van der Waals surface area contributed by atoms with Gasteiger partial charge >= 0.3 is 17.3 Å². The number of carbonyl (C=O) groups is 1. The van der Waals surface area contributed by atoms with E-state index in [4.69, 9.17) is 4.98 Å². The summed E-state index contributed by atoms with van der Waals surface area (Å²) in [7, 11) is 1.58. The van der Waals surface area contributed by atoms with Crippen molar-refractivity contribution >= 4 is 39.6 Å². The Morgan fingerprint density at radius 2 is 1.78 bits per heavy atom. The Labute approximate surface area is 256 Å². The van der Waals surface area contributed by atoms with Crippen LogP contribution in [0.5, 0.6) is 0 Å². The molecule has 1 amide bonds. The predicted octanol–water partition coefficient (Wildman–Crippen LogP) is 2.67. The van der Waals surface area contributed by atoms with E-state index in [-0.39, 0.29) is 30.2 Å². The first-order valence-electron chi connectivity index (χ1n) is 14.7. The quantitative estimate of drug-likeness (QED) is 0.221. The van der Waals surface area contributed by atoms with Gasteiger partial charge in [0.15, 0.2) is 16.0 Å². The van der Waals surface area contributed by atoms with E-state index in [1.165, 1.54) is 9.58 Å².